The summed E-state index contributed by atoms with van der Waals surface area (Å²) in [6.45, 7) is 4.34. The third-order valence-corrected chi connectivity index (χ3v) is 2.08. The van der Waals surface area contributed by atoms with Crippen LogP contribution in [0.5, 0.6) is 0 Å². The van der Waals surface area contributed by atoms with E-state index >= 15 is 0 Å². The molecule has 0 spiro atoms. The number of nitrogens with one attached hydrogen (secondary N) is 1. The summed E-state index contributed by atoms with van der Waals surface area (Å²) in [7, 11) is 0. The highest BCUT2D eigenvalue weighted by molar-refractivity contribution is 4.94. The highest BCUT2D eigenvalue weighted by atomic mass is 14.9. The first-order valence-corrected chi connectivity index (χ1v) is 4.22. The van der Waals surface area contributed by atoms with Crippen molar-refractivity contribution in [3.8, 4) is 0 Å². The highest BCUT2D eigenvalue weighted by Gasteiger charge is 2.13. The molecule has 0 aromatic heterocycles. The second kappa shape index (κ2) is 3.77. The van der Waals surface area contributed by atoms with Crippen LogP contribution in [0.2, 0.25) is 0 Å². The molecule has 0 aromatic carbocycles. The molecule has 0 unspecified atom stereocenters. The molecule has 1 fully saturated rings. The van der Waals surface area contributed by atoms with Crippen molar-refractivity contribution in [1.82, 2.24) is 5.32 Å². The summed E-state index contributed by atoms with van der Waals surface area (Å²) in [6.07, 6.45) is 8.43. The van der Waals surface area contributed by atoms with E-state index in [1.165, 1.54) is 19.3 Å². The van der Waals surface area contributed by atoms with E-state index in [4.69, 9.17) is 0 Å². The van der Waals surface area contributed by atoms with Crippen LogP contribution in [0.1, 0.15) is 33.1 Å². The predicted octanol–water partition coefficient (Wildman–Crippen LogP) is 2.09. The predicted molar refractivity (Wildman–Crippen MR) is 45.1 cm³/mol. The molecule has 1 saturated heterocycles. The van der Waals surface area contributed by atoms with E-state index in [1.807, 2.05) is 0 Å². The van der Waals surface area contributed by atoms with Crippen molar-refractivity contribution < 1.29 is 0 Å². The van der Waals surface area contributed by atoms with Crippen molar-refractivity contribution in [1.29, 1.82) is 0 Å². The van der Waals surface area contributed by atoms with Crippen molar-refractivity contribution >= 4 is 0 Å². The van der Waals surface area contributed by atoms with Crippen molar-refractivity contribution in [3.05, 3.63) is 12.2 Å². The van der Waals surface area contributed by atoms with Gasteiger partial charge in [0.05, 0.1) is 0 Å². The van der Waals surface area contributed by atoms with Gasteiger partial charge in [0.1, 0.15) is 0 Å². The summed E-state index contributed by atoms with van der Waals surface area (Å²) in [5, 5.41) is 3.53. The molecule has 10 heavy (non-hydrogen) atoms. The molecule has 0 amide bonds. The SMILES string of the molecule is CC=C[C@H]1CCC[C@@H](C)N1. The van der Waals surface area contributed by atoms with Gasteiger partial charge in [-0.1, -0.05) is 18.6 Å². The Morgan fingerprint density at radius 2 is 2.20 bits per heavy atom. The highest BCUT2D eigenvalue weighted by Crippen LogP contribution is 2.12. The van der Waals surface area contributed by atoms with E-state index < -0.39 is 0 Å². The molecular weight excluding hydrogens is 122 g/mol. The average Bonchev–Trinajstić information content (AvgIpc) is 1.88. The second-order valence-electron chi connectivity index (χ2n) is 3.13. The van der Waals surface area contributed by atoms with E-state index in [2.05, 4.69) is 31.3 Å². The molecule has 0 aliphatic carbocycles. The molecule has 58 valence electrons. The summed E-state index contributed by atoms with van der Waals surface area (Å²) >= 11 is 0. The monoisotopic (exact) mass is 139 g/mol. The molecule has 1 nitrogen and oxygen atoms in total. The van der Waals surface area contributed by atoms with E-state index in [0.717, 1.165) is 6.04 Å². The maximum Gasteiger partial charge on any atom is 0.0252 e. The first-order chi connectivity index (χ1) is 4.83. The van der Waals surface area contributed by atoms with Gasteiger partial charge in [-0.15, -0.1) is 0 Å². The Labute approximate surface area is 63.5 Å². The number of piperidine rings is 1. The van der Waals surface area contributed by atoms with Crippen LogP contribution in [0.3, 0.4) is 0 Å². The van der Waals surface area contributed by atoms with Crippen molar-refractivity contribution in [2.75, 3.05) is 0 Å². The van der Waals surface area contributed by atoms with Crippen LogP contribution in [-0.4, -0.2) is 12.1 Å². The minimum Gasteiger partial charge on any atom is -0.308 e. The summed E-state index contributed by atoms with van der Waals surface area (Å²) < 4.78 is 0. The summed E-state index contributed by atoms with van der Waals surface area (Å²) in [6, 6.07) is 1.36. The van der Waals surface area contributed by atoms with Crippen LogP contribution >= 0.6 is 0 Å². The topological polar surface area (TPSA) is 12.0 Å². The lowest BCUT2D eigenvalue weighted by Gasteiger charge is -2.26. The maximum absolute atomic E-state index is 3.53. The lowest BCUT2D eigenvalue weighted by Crippen LogP contribution is -2.39. The molecule has 0 radical (unpaired) electrons. The fraction of sp³-hybridized carbons (Fsp3) is 0.778. The van der Waals surface area contributed by atoms with Crippen LogP contribution in [0.4, 0.5) is 0 Å². The van der Waals surface area contributed by atoms with Gasteiger partial charge in [-0.3, -0.25) is 0 Å². The first-order valence-electron chi connectivity index (χ1n) is 4.22. The molecule has 1 aliphatic heterocycles. The minimum atomic E-state index is 0.647. The molecule has 0 aromatic rings. The molecule has 1 heterocycles. The van der Waals surface area contributed by atoms with Crippen LogP contribution in [0.25, 0.3) is 0 Å². The molecule has 2 atom stereocenters. The Kier molecular flexibility index (Phi) is 2.94. The number of hydrogen-bond donors (Lipinski definition) is 1. The molecule has 0 saturated carbocycles. The standard InChI is InChI=1S/C9H17N/c1-3-5-9-7-4-6-8(2)10-9/h3,5,8-10H,4,6-7H2,1-2H3/t8-,9+/m1/s1. The van der Waals surface area contributed by atoms with Gasteiger partial charge in [-0.05, 0) is 26.7 Å². The van der Waals surface area contributed by atoms with Gasteiger partial charge < -0.3 is 5.32 Å². The number of rotatable bonds is 1. The maximum atomic E-state index is 3.53. The number of hydrogen-bond acceptors (Lipinski definition) is 1. The normalized spacial score (nSPS) is 35.0. The molecular formula is C9H17N. The summed E-state index contributed by atoms with van der Waals surface area (Å²) in [5.74, 6) is 0. The smallest absolute Gasteiger partial charge is 0.0252 e. The van der Waals surface area contributed by atoms with Gasteiger partial charge in [-0.2, -0.15) is 0 Å². The zero-order valence-electron chi connectivity index (χ0n) is 6.93. The zero-order valence-corrected chi connectivity index (χ0v) is 6.93. The molecule has 1 aliphatic rings. The molecule has 1 heteroatoms. The largest absolute Gasteiger partial charge is 0.308 e. The molecule has 0 bridgehead atoms. The van der Waals surface area contributed by atoms with Crippen LogP contribution in [-0.2, 0) is 0 Å². The van der Waals surface area contributed by atoms with Gasteiger partial charge in [0.15, 0.2) is 0 Å². The fourth-order valence-corrected chi connectivity index (χ4v) is 1.56. The Hall–Kier alpha value is -0.300. The van der Waals surface area contributed by atoms with Gasteiger partial charge >= 0.3 is 0 Å². The van der Waals surface area contributed by atoms with Crippen LogP contribution in [0.15, 0.2) is 12.2 Å². The van der Waals surface area contributed by atoms with Crippen molar-refractivity contribution in [2.24, 2.45) is 0 Å². The van der Waals surface area contributed by atoms with Gasteiger partial charge in [0, 0.05) is 12.1 Å². The first kappa shape index (κ1) is 7.80. The molecule has 1 N–H and O–H groups in total. The van der Waals surface area contributed by atoms with Crippen LogP contribution < -0.4 is 5.32 Å². The van der Waals surface area contributed by atoms with Gasteiger partial charge in [0.25, 0.3) is 0 Å². The second-order valence-corrected chi connectivity index (χ2v) is 3.13. The van der Waals surface area contributed by atoms with E-state index in [1.54, 1.807) is 0 Å². The Morgan fingerprint density at radius 3 is 2.80 bits per heavy atom. The van der Waals surface area contributed by atoms with Gasteiger partial charge in [-0.25, -0.2) is 0 Å². The van der Waals surface area contributed by atoms with E-state index in [0.29, 0.717) is 6.04 Å². The summed E-state index contributed by atoms with van der Waals surface area (Å²) in [5.41, 5.74) is 0. The summed E-state index contributed by atoms with van der Waals surface area (Å²) in [4.78, 5) is 0. The quantitative estimate of drug-likeness (QED) is 0.548. The minimum absolute atomic E-state index is 0.647. The Bertz CT molecular complexity index is 118. The average molecular weight is 139 g/mol. The van der Waals surface area contributed by atoms with Crippen LogP contribution in [0, 0.1) is 0 Å². The molecule has 1 rings (SSSR count). The third kappa shape index (κ3) is 2.14. The lowest BCUT2D eigenvalue weighted by atomic mass is 9.99. The van der Waals surface area contributed by atoms with Crippen molar-refractivity contribution in [2.45, 2.75) is 45.2 Å². The van der Waals surface area contributed by atoms with Gasteiger partial charge in [0.2, 0.25) is 0 Å². The fourth-order valence-electron chi connectivity index (χ4n) is 1.56. The lowest BCUT2D eigenvalue weighted by molar-refractivity contribution is 0.374. The Morgan fingerprint density at radius 1 is 1.40 bits per heavy atom. The number of allylic oxidation sites excluding steroid dienone is 1. The van der Waals surface area contributed by atoms with E-state index in [9.17, 15) is 0 Å². The Balaban J connectivity index is 2.32. The van der Waals surface area contributed by atoms with Crippen molar-refractivity contribution in [3.63, 3.8) is 0 Å². The third-order valence-electron chi connectivity index (χ3n) is 2.08. The van der Waals surface area contributed by atoms with E-state index in [-0.39, 0.29) is 0 Å². The zero-order chi connectivity index (χ0) is 7.40.